The van der Waals surface area contributed by atoms with E-state index in [1.54, 1.807) is 24.3 Å². The van der Waals surface area contributed by atoms with Crippen molar-refractivity contribution in [2.24, 2.45) is 0 Å². The molecule has 3 rings (SSSR count). The summed E-state index contributed by atoms with van der Waals surface area (Å²) in [6.07, 6.45) is -2.08. The molecule has 7 heteroatoms. The number of rotatable bonds is 4. The summed E-state index contributed by atoms with van der Waals surface area (Å²) in [5.41, 5.74) is 0.651. The van der Waals surface area contributed by atoms with Crippen LogP contribution in [0.1, 0.15) is 18.9 Å². The molecular formula is C19H20O7. The molecule has 1 heterocycles. The van der Waals surface area contributed by atoms with Gasteiger partial charge in [-0.1, -0.05) is 25.1 Å². The van der Waals surface area contributed by atoms with Crippen molar-refractivity contribution >= 4 is 22.7 Å². The Labute approximate surface area is 150 Å². The van der Waals surface area contributed by atoms with Gasteiger partial charge in [0.2, 0.25) is 0 Å². The molecule has 7 nitrogen and oxygen atoms in total. The van der Waals surface area contributed by atoms with E-state index in [0.29, 0.717) is 12.0 Å². The fourth-order valence-electron chi connectivity index (χ4n) is 3.11. The maximum atomic E-state index is 12.1. The lowest BCUT2D eigenvalue weighted by molar-refractivity contribution is -0.196. The summed E-state index contributed by atoms with van der Waals surface area (Å²) in [4.78, 5) is 24.1. The van der Waals surface area contributed by atoms with E-state index in [-0.39, 0.29) is 5.75 Å². The molecule has 1 N–H and O–H groups in total. The summed E-state index contributed by atoms with van der Waals surface area (Å²) in [6.45, 7) is 1.83. The summed E-state index contributed by atoms with van der Waals surface area (Å²) < 4.78 is 21.3. The van der Waals surface area contributed by atoms with E-state index in [9.17, 15) is 14.7 Å². The minimum atomic E-state index is -1.29. The van der Waals surface area contributed by atoms with E-state index >= 15 is 0 Å². The van der Waals surface area contributed by atoms with Crippen molar-refractivity contribution in [2.75, 3.05) is 14.2 Å². The Kier molecular flexibility index (Phi) is 4.84. The summed E-state index contributed by atoms with van der Waals surface area (Å²) in [7, 11) is 2.43. The molecule has 0 aliphatic carbocycles. The first kappa shape index (κ1) is 18.2. The molecule has 1 fully saturated rings. The van der Waals surface area contributed by atoms with Crippen molar-refractivity contribution in [1.82, 2.24) is 0 Å². The van der Waals surface area contributed by atoms with Crippen LogP contribution >= 0.6 is 0 Å². The van der Waals surface area contributed by atoms with Crippen LogP contribution < -0.4 is 0 Å². The second kappa shape index (κ2) is 6.93. The van der Waals surface area contributed by atoms with Crippen molar-refractivity contribution in [3.8, 4) is 5.75 Å². The average Bonchev–Trinajstić information content (AvgIpc) is 3.07. The first-order chi connectivity index (χ1) is 12.4. The molecular weight excluding hydrogens is 340 g/mol. The predicted molar refractivity (Wildman–Crippen MR) is 91.4 cm³/mol. The highest BCUT2D eigenvalue weighted by Crippen LogP contribution is 2.42. The van der Waals surface area contributed by atoms with Gasteiger partial charge in [-0.2, -0.15) is 0 Å². The molecule has 1 aliphatic rings. The molecule has 0 amide bonds. The maximum Gasteiger partial charge on any atom is 0.338 e. The number of phenols is 1. The minimum Gasteiger partial charge on any atom is -0.508 e. The van der Waals surface area contributed by atoms with Gasteiger partial charge >= 0.3 is 11.9 Å². The molecule has 2 aromatic carbocycles. The van der Waals surface area contributed by atoms with Crippen molar-refractivity contribution in [3.63, 3.8) is 0 Å². The number of benzene rings is 2. The molecule has 0 aromatic heterocycles. The normalized spacial score (nSPS) is 21.5. The Hall–Kier alpha value is -2.64. The molecule has 0 spiro atoms. The second-order valence-electron chi connectivity index (χ2n) is 5.98. The third-order valence-electron chi connectivity index (χ3n) is 4.51. The van der Waals surface area contributed by atoms with E-state index in [2.05, 4.69) is 0 Å². The molecule has 26 heavy (non-hydrogen) atoms. The van der Waals surface area contributed by atoms with Gasteiger partial charge in [-0.3, -0.25) is 0 Å². The second-order valence-corrected chi connectivity index (χ2v) is 5.98. The lowest BCUT2D eigenvalue weighted by Gasteiger charge is -2.27. The highest BCUT2D eigenvalue weighted by Gasteiger charge is 2.54. The van der Waals surface area contributed by atoms with Gasteiger partial charge in [0.05, 0.1) is 14.2 Å². The van der Waals surface area contributed by atoms with Crippen molar-refractivity contribution in [3.05, 3.63) is 42.0 Å². The summed E-state index contributed by atoms with van der Waals surface area (Å²) in [5, 5.41) is 11.3. The number of fused-ring (bicyclic) bond motifs is 1. The van der Waals surface area contributed by atoms with E-state index in [4.69, 9.17) is 18.9 Å². The van der Waals surface area contributed by atoms with Gasteiger partial charge < -0.3 is 24.1 Å². The van der Waals surface area contributed by atoms with E-state index < -0.39 is 29.9 Å². The van der Waals surface area contributed by atoms with Crippen LogP contribution in [0, 0.1) is 0 Å². The van der Waals surface area contributed by atoms with Gasteiger partial charge in [-0.05, 0) is 29.0 Å². The lowest BCUT2D eigenvalue weighted by Crippen LogP contribution is -2.38. The van der Waals surface area contributed by atoms with Crippen LogP contribution in [-0.2, 0) is 34.3 Å². The molecule has 1 aliphatic heterocycles. The molecule has 2 atom stereocenters. The average molecular weight is 360 g/mol. The van der Waals surface area contributed by atoms with Gasteiger partial charge in [0.15, 0.2) is 18.0 Å². The van der Waals surface area contributed by atoms with Gasteiger partial charge in [0, 0.05) is 12.0 Å². The van der Waals surface area contributed by atoms with Crippen LogP contribution in [0.2, 0.25) is 0 Å². The first-order valence-corrected chi connectivity index (χ1v) is 8.18. The molecule has 0 bridgehead atoms. The number of methoxy groups -OCH3 is 2. The predicted octanol–water partition coefficient (Wildman–Crippen LogP) is 2.24. The Balaban J connectivity index is 2.04. The summed E-state index contributed by atoms with van der Waals surface area (Å²) in [6, 6.07) is 10.4. The molecule has 0 unspecified atom stereocenters. The molecule has 138 valence electrons. The molecule has 2 aromatic rings. The van der Waals surface area contributed by atoms with E-state index in [1.165, 1.54) is 14.2 Å². The number of esters is 2. The van der Waals surface area contributed by atoms with Crippen molar-refractivity contribution < 1.29 is 33.6 Å². The SMILES string of the molecule is CCC1(c2ccc3cc(O)ccc3c2)O[C@@H](C(=O)OC)[C@H](C(=O)OC)O1. The third kappa shape index (κ3) is 3.00. The molecule has 0 saturated carbocycles. The fourth-order valence-corrected chi connectivity index (χ4v) is 3.11. The smallest absolute Gasteiger partial charge is 0.338 e. The van der Waals surface area contributed by atoms with Crippen LogP contribution in [0.5, 0.6) is 5.75 Å². The standard InChI is InChI=1S/C19H20O7/c1-4-19(13-7-5-12-10-14(20)8-6-11(12)9-13)25-15(17(21)23-2)16(26-19)18(22)24-3/h5-10,15-16,20H,4H2,1-3H3/t15-,16-/m1/s1. The Morgan fingerprint density at radius 3 is 2.08 bits per heavy atom. The van der Waals surface area contributed by atoms with Gasteiger partial charge in [0.25, 0.3) is 0 Å². The van der Waals surface area contributed by atoms with Crippen LogP contribution in [0.25, 0.3) is 10.8 Å². The number of phenolic OH excluding ortho intramolecular Hbond substituents is 1. The molecule has 1 saturated heterocycles. The zero-order valence-electron chi connectivity index (χ0n) is 14.7. The topological polar surface area (TPSA) is 91.3 Å². The largest absolute Gasteiger partial charge is 0.508 e. The number of carbonyl (C=O) groups excluding carboxylic acids is 2. The van der Waals surface area contributed by atoms with Gasteiger partial charge in [0.1, 0.15) is 5.75 Å². The van der Waals surface area contributed by atoms with Crippen molar-refractivity contribution in [2.45, 2.75) is 31.3 Å². The maximum absolute atomic E-state index is 12.1. The Morgan fingerprint density at radius 2 is 1.54 bits per heavy atom. The van der Waals surface area contributed by atoms with Crippen LogP contribution in [0.3, 0.4) is 0 Å². The monoisotopic (exact) mass is 360 g/mol. The van der Waals surface area contributed by atoms with Crippen LogP contribution in [0.15, 0.2) is 36.4 Å². The zero-order chi connectivity index (χ0) is 18.9. The number of aromatic hydroxyl groups is 1. The van der Waals surface area contributed by atoms with Crippen molar-refractivity contribution in [1.29, 1.82) is 0 Å². The first-order valence-electron chi connectivity index (χ1n) is 8.18. The summed E-state index contributed by atoms with van der Waals surface area (Å²) >= 11 is 0. The van der Waals surface area contributed by atoms with Crippen LogP contribution in [0.4, 0.5) is 0 Å². The Morgan fingerprint density at radius 1 is 1.00 bits per heavy atom. The fraction of sp³-hybridized carbons (Fsp3) is 0.368. The lowest BCUT2D eigenvalue weighted by atomic mass is 9.99. The number of ether oxygens (including phenoxy) is 4. The highest BCUT2D eigenvalue weighted by molar-refractivity contribution is 5.87. The van der Waals surface area contributed by atoms with Gasteiger partial charge in [-0.25, -0.2) is 9.59 Å². The number of hydrogen-bond acceptors (Lipinski definition) is 7. The zero-order valence-corrected chi connectivity index (χ0v) is 14.7. The number of hydrogen-bond donors (Lipinski definition) is 1. The third-order valence-corrected chi connectivity index (χ3v) is 4.51. The Bertz CT molecular complexity index is 821. The molecule has 0 radical (unpaired) electrons. The quantitative estimate of drug-likeness (QED) is 0.836. The van der Waals surface area contributed by atoms with Gasteiger partial charge in [-0.15, -0.1) is 0 Å². The summed E-state index contributed by atoms with van der Waals surface area (Å²) in [5.74, 6) is -2.53. The van der Waals surface area contributed by atoms with Crippen LogP contribution in [-0.4, -0.2) is 43.5 Å². The van der Waals surface area contributed by atoms with E-state index in [1.807, 2.05) is 19.1 Å². The highest BCUT2D eigenvalue weighted by atomic mass is 16.8. The number of carbonyl (C=O) groups is 2. The minimum absolute atomic E-state index is 0.167. The van der Waals surface area contributed by atoms with E-state index in [0.717, 1.165) is 10.8 Å².